The Bertz CT molecular complexity index is 702. The highest BCUT2D eigenvalue weighted by Crippen LogP contribution is 2.21. The van der Waals surface area contributed by atoms with Crippen molar-refractivity contribution in [2.75, 3.05) is 26.2 Å². The van der Waals surface area contributed by atoms with Crippen LogP contribution in [0.4, 0.5) is 0 Å². The van der Waals surface area contributed by atoms with Gasteiger partial charge in [0.05, 0.1) is 0 Å². The average Bonchev–Trinajstić information content (AvgIpc) is 3.14. The molecule has 0 bridgehead atoms. The van der Waals surface area contributed by atoms with E-state index in [0.29, 0.717) is 12.6 Å². The van der Waals surface area contributed by atoms with Crippen molar-refractivity contribution in [2.45, 2.75) is 32.2 Å². The van der Waals surface area contributed by atoms with Crippen LogP contribution in [0.25, 0.3) is 0 Å². The Morgan fingerprint density at radius 3 is 2.73 bits per heavy atom. The molecule has 4 nitrogen and oxygen atoms in total. The molecule has 2 aromatic rings. The SMILES string of the molecule is CCN1CCC[C@@H]1CNC(=O)COc1ccccc1Cc1ccccc1. The number of likely N-dealkylation sites (tertiary alicyclic amines) is 1. The first kappa shape index (κ1) is 18.5. The van der Waals surface area contributed by atoms with E-state index in [0.717, 1.165) is 37.2 Å². The van der Waals surface area contributed by atoms with E-state index in [1.807, 2.05) is 36.4 Å². The third-order valence-corrected chi connectivity index (χ3v) is 5.01. The zero-order valence-electron chi connectivity index (χ0n) is 15.5. The van der Waals surface area contributed by atoms with Crippen LogP contribution in [0, 0.1) is 0 Å². The third kappa shape index (κ3) is 5.09. The molecule has 0 saturated carbocycles. The summed E-state index contributed by atoms with van der Waals surface area (Å²) in [6.07, 6.45) is 3.18. The number of carbonyl (C=O) groups is 1. The van der Waals surface area contributed by atoms with Gasteiger partial charge < -0.3 is 10.1 Å². The Balaban J connectivity index is 1.50. The Kier molecular flexibility index (Phi) is 6.67. The maximum Gasteiger partial charge on any atom is 0.257 e. The van der Waals surface area contributed by atoms with Gasteiger partial charge in [-0.25, -0.2) is 0 Å². The van der Waals surface area contributed by atoms with Crippen LogP contribution in [-0.2, 0) is 11.2 Å². The van der Waals surface area contributed by atoms with E-state index in [4.69, 9.17) is 4.74 Å². The van der Waals surface area contributed by atoms with Gasteiger partial charge in [0.2, 0.25) is 0 Å². The summed E-state index contributed by atoms with van der Waals surface area (Å²) in [5.41, 5.74) is 2.33. The molecular formula is C22H28N2O2. The lowest BCUT2D eigenvalue weighted by Crippen LogP contribution is -2.41. The lowest BCUT2D eigenvalue weighted by molar-refractivity contribution is -0.123. The number of nitrogens with zero attached hydrogens (tertiary/aromatic N) is 1. The molecule has 1 aliphatic rings. The van der Waals surface area contributed by atoms with Crippen molar-refractivity contribution >= 4 is 5.91 Å². The van der Waals surface area contributed by atoms with Crippen LogP contribution < -0.4 is 10.1 Å². The van der Waals surface area contributed by atoms with Gasteiger partial charge in [-0.1, -0.05) is 55.5 Å². The van der Waals surface area contributed by atoms with Crippen molar-refractivity contribution in [3.8, 4) is 5.75 Å². The third-order valence-electron chi connectivity index (χ3n) is 5.01. The Morgan fingerprint density at radius 2 is 1.92 bits per heavy atom. The van der Waals surface area contributed by atoms with Crippen molar-refractivity contribution in [1.82, 2.24) is 10.2 Å². The molecule has 0 radical (unpaired) electrons. The van der Waals surface area contributed by atoms with Gasteiger partial charge in [0.1, 0.15) is 5.75 Å². The summed E-state index contributed by atoms with van der Waals surface area (Å²) < 4.78 is 5.81. The van der Waals surface area contributed by atoms with E-state index in [1.54, 1.807) is 0 Å². The Hall–Kier alpha value is -2.33. The van der Waals surface area contributed by atoms with E-state index < -0.39 is 0 Å². The van der Waals surface area contributed by atoms with Crippen LogP contribution in [0.15, 0.2) is 54.6 Å². The number of likely N-dealkylation sites (N-methyl/N-ethyl adjacent to an activating group) is 1. The zero-order valence-corrected chi connectivity index (χ0v) is 15.5. The molecule has 26 heavy (non-hydrogen) atoms. The van der Waals surface area contributed by atoms with Gasteiger partial charge in [0.15, 0.2) is 6.61 Å². The van der Waals surface area contributed by atoms with Crippen LogP contribution >= 0.6 is 0 Å². The van der Waals surface area contributed by atoms with Crippen LogP contribution in [0.3, 0.4) is 0 Å². The van der Waals surface area contributed by atoms with Crippen LogP contribution in [-0.4, -0.2) is 43.1 Å². The van der Waals surface area contributed by atoms with Gasteiger partial charge in [-0.05, 0) is 43.1 Å². The topological polar surface area (TPSA) is 41.6 Å². The number of hydrogen-bond donors (Lipinski definition) is 1. The van der Waals surface area contributed by atoms with Gasteiger partial charge in [-0.3, -0.25) is 9.69 Å². The number of benzene rings is 2. The van der Waals surface area contributed by atoms with E-state index >= 15 is 0 Å². The maximum absolute atomic E-state index is 12.2. The van der Waals surface area contributed by atoms with Crippen molar-refractivity contribution < 1.29 is 9.53 Å². The Morgan fingerprint density at radius 1 is 1.15 bits per heavy atom. The minimum absolute atomic E-state index is 0.0533. The van der Waals surface area contributed by atoms with Gasteiger partial charge in [-0.15, -0.1) is 0 Å². The number of amides is 1. The summed E-state index contributed by atoms with van der Waals surface area (Å²) >= 11 is 0. The lowest BCUT2D eigenvalue weighted by atomic mass is 10.0. The zero-order chi connectivity index (χ0) is 18.2. The molecule has 1 heterocycles. The number of ether oxygens (including phenoxy) is 1. The smallest absolute Gasteiger partial charge is 0.257 e. The first-order valence-electron chi connectivity index (χ1n) is 9.51. The lowest BCUT2D eigenvalue weighted by Gasteiger charge is -2.22. The molecule has 2 aromatic carbocycles. The summed E-state index contributed by atoms with van der Waals surface area (Å²) in [6, 6.07) is 18.7. The molecule has 0 spiro atoms. The van der Waals surface area contributed by atoms with Crippen molar-refractivity contribution in [3.63, 3.8) is 0 Å². The normalized spacial score (nSPS) is 17.2. The highest BCUT2D eigenvalue weighted by Gasteiger charge is 2.23. The molecule has 4 heteroatoms. The predicted octanol–water partition coefficient (Wildman–Crippen LogP) is 3.26. The largest absolute Gasteiger partial charge is 0.483 e. The number of nitrogens with one attached hydrogen (secondary N) is 1. The minimum atomic E-state index is -0.0533. The Labute approximate surface area is 156 Å². The standard InChI is InChI=1S/C22H28N2O2/c1-2-24-14-8-12-20(24)16-23-22(25)17-26-21-13-7-6-11-19(21)15-18-9-4-3-5-10-18/h3-7,9-11,13,20H,2,8,12,14-17H2,1H3,(H,23,25)/t20-/m1/s1. The summed E-state index contributed by atoms with van der Waals surface area (Å²) in [4.78, 5) is 14.6. The highest BCUT2D eigenvalue weighted by atomic mass is 16.5. The number of para-hydroxylation sites is 1. The summed E-state index contributed by atoms with van der Waals surface area (Å²) in [5, 5.41) is 3.02. The molecule has 1 atom stereocenters. The molecule has 0 unspecified atom stereocenters. The molecule has 3 rings (SSSR count). The fourth-order valence-electron chi connectivity index (χ4n) is 3.58. The fourth-order valence-corrected chi connectivity index (χ4v) is 3.58. The van der Waals surface area contributed by atoms with Crippen molar-refractivity contribution in [2.24, 2.45) is 0 Å². The van der Waals surface area contributed by atoms with Gasteiger partial charge in [0, 0.05) is 19.0 Å². The van der Waals surface area contributed by atoms with Crippen LogP contribution in [0.1, 0.15) is 30.9 Å². The molecule has 1 fully saturated rings. The van der Waals surface area contributed by atoms with Crippen molar-refractivity contribution in [3.05, 3.63) is 65.7 Å². The molecule has 0 aliphatic carbocycles. The van der Waals surface area contributed by atoms with Gasteiger partial charge in [-0.2, -0.15) is 0 Å². The van der Waals surface area contributed by atoms with E-state index in [-0.39, 0.29) is 12.5 Å². The second-order valence-corrected chi connectivity index (χ2v) is 6.79. The fraction of sp³-hybridized carbons (Fsp3) is 0.409. The molecule has 1 aliphatic heterocycles. The molecular weight excluding hydrogens is 324 g/mol. The predicted molar refractivity (Wildman–Crippen MR) is 104 cm³/mol. The molecule has 1 saturated heterocycles. The second-order valence-electron chi connectivity index (χ2n) is 6.79. The highest BCUT2D eigenvalue weighted by molar-refractivity contribution is 5.77. The average molecular weight is 352 g/mol. The molecule has 138 valence electrons. The van der Waals surface area contributed by atoms with Gasteiger partial charge in [0.25, 0.3) is 5.91 Å². The van der Waals surface area contributed by atoms with Crippen molar-refractivity contribution in [1.29, 1.82) is 0 Å². The van der Waals surface area contributed by atoms with Crippen LogP contribution in [0.5, 0.6) is 5.75 Å². The monoisotopic (exact) mass is 352 g/mol. The summed E-state index contributed by atoms with van der Waals surface area (Å²) in [5.74, 6) is 0.727. The van der Waals surface area contributed by atoms with E-state index in [2.05, 4.69) is 35.3 Å². The quantitative estimate of drug-likeness (QED) is 0.793. The number of rotatable bonds is 8. The maximum atomic E-state index is 12.2. The number of hydrogen-bond acceptors (Lipinski definition) is 3. The number of carbonyl (C=O) groups excluding carboxylic acids is 1. The van der Waals surface area contributed by atoms with Gasteiger partial charge >= 0.3 is 0 Å². The minimum Gasteiger partial charge on any atom is -0.483 e. The summed E-state index contributed by atoms with van der Waals surface area (Å²) in [7, 11) is 0. The molecule has 0 aromatic heterocycles. The first-order chi connectivity index (χ1) is 12.8. The second kappa shape index (κ2) is 9.39. The van der Waals surface area contributed by atoms with E-state index in [9.17, 15) is 4.79 Å². The van der Waals surface area contributed by atoms with Crippen LogP contribution in [0.2, 0.25) is 0 Å². The van der Waals surface area contributed by atoms with E-state index in [1.165, 1.54) is 12.0 Å². The first-order valence-corrected chi connectivity index (χ1v) is 9.51. The summed E-state index contributed by atoms with van der Waals surface area (Å²) in [6.45, 7) is 5.13. The molecule has 1 N–H and O–H groups in total. The molecule has 1 amide bonds.